The van der Waals surface area contributed by atoms with Crippen LogP contribution in [0.3, 0.4) is 0 Å². The Morgan fingerprint density at radius 1 is 1.18 bits per heavy atom. The van der Waals surface area contributed by atoms with Crippen molar-refractivity contribution in [3.63, 3.8) is 0 Å². The smallest absolute Gasteiger partial charge is 0.468 e. The second kappa shape index (κ2) is 6.01. The van der Waals surface area contributed by atoms with Crippen molar-refractivity contribution in [1.82, 2.24) is 4.72 Å². The van der Waals surface area contributed by atoms with Crippen LogP contribution in [-0.4, -0.2) is 14.8 Å². The summed E-state index contributed by atoms with van der Waals surface area (Å²) in [5.74, 6) is -0.0777. The molecule has 2 aromatic rings. The van der Waals surface area contributed by atoms with E-state index in [-0.39, 0.29) is 4.90 Å². The van der Waals surface area contributed by atoms with E-state index in [1.165, 1.54) is 6.26 Å². The molecule has 1 heterocycles. The molecule has 0 radical (unpaired) electrons. The third kappa shape index (κ3) is 4.25. The fourth-order valence-corrected chi connectivity index (χ4v) is 2.93. The van der Waals surface area contributed by atoms with Crippen molar-refractivity contribution in [2.24, 2.45) is 0 Å². The van der Waals surface area contributed by atoms with Gasteiger partial charge in [0.25, 0.3) is 0 Å². The summed E-state index contributed by atoms with van der Waals surface area (Å²) in [5.41, 5.74) is 0. The number of hydrogen-bond acceptors (Lipinski definition) is 4. The number of ether oxygens (including phenoxy) is 1. The van der Waals surface area contributed by atoms with Gasteiger partial charge in [-0.2, -0.15) is 0 Å². The predicted molar refractivity (Wildman–Crippen MR) is 70.6 cm³/mol. The van der Waals surface area contributed by atoms with Crippen molar-refractivity contribution in [1.29, 1.82) is 0 Å². The van der Waals surface area contributed by atoms with Gasteiger partial charge in [-0.1, -0.05) is 0 Å². The normalized spacial score (nSPS) is 13.8. The molecular formula is C13H12F3NO4S. The van der Waals surface area contributed by atoms with Gasteiger partial charge in [0.05, 0.1) is 17.2 Å². The van der Waals surface area contributed by atoms with Gasteiger partial charge < -0.3 is 9.15 Å². The van der Waals surface area contributed by atoms with Gasteiger partial charge in [-0.05, 0) is 43.3 Å². The Bertz CT molecular complexity index is 709. The highest BCUT2D eigenvalue weighted by Gasteiger charge is 2.31. The van der Waals surface area contributed by atoms with Crippen LogP contribution in [0.5, 0.6) is 5.75 Å². The maximum absolute atomic E-state index is 12.1. The van der Waals surface area contributed by atoms with Crippen LogP contribution >= 0.6 is 0 Å². The standard InChI is InChI=1S/C13H12F3NO4S/c1-9(12-3-2-8-20-12)17-22(18,19)11-6-4-10(5-7-11)21-13(14,15)16/h2-9,17H,1H3/t9-/m1/s1. The minimum Gasteiger partial charge on any atom is -0.468 e. The molecule has 1 aromatic heterocycles. The highest BCUT2D eigenvalue weighted by atomic mass is 32.2. The number of halogens is 3. The molecule has 1 aromatic carbocycles. The van der Waals surface area contributed by atoms with Gasteiger partial charge in [0, 0.05) is 0 Å². The lowest BCUT2D eigenvalue weighted by atomic mass is 10.3. The zero-order valence-corrected chi connectivity index (χ0v) is 12.1. The summed E-state index contributed by atoms with van der Waals surface area (Å²) in [6.45, 7) is 1.58. The van der Waals surface area contributed by atoms with Crippen LogP contribution in [0, 0.1) is 0 Å². The molecule has 2 rings (SSSR count). The zero-order valence-electron chi connectivity index (χ0n) is 11.3. The van der Waals surface area contributed by atoms with Gasteiger partial charge in [0.15, 0.2) is 0 Å². The molecule has 5 nitrogen and oxygen atoms in total. The van der Waals surface area contributed by atoms with Gasteiger partial charge in [0.2, 0.25) is 10.0 Å². The van der Waals surface area contributed by atoms with Crippen LogP contribution in [0.4, 0.5) is 13.2 Å². The Morgan fingerprint density at radius 2 is 1.82 bits per heavy atom. The fraction of sp³-hybridized carbons (Fsp3) is 0.231. The number of alkyl halides is 3. The summed E-state index contributed by atoms with van der Waals surface area (Å²) in [6.07, 6.45) is -3.42. The van der Waals surface area contributed by atoms with Crippen molar-refractivity contribution in [3.05, 3.63) is 48.4 Å². The number of rotatable bonds is 5. The third-order valence-corrected chi connectivity index (χ3v) is 4.23. The minimum atomic E-state index is -4.83. The van der Waals surface area contributed by atoms with Gasteiger partial charge in [-0.3, -0.25) is 0 Å². The van der Waals surface area contributed by atoms with Crippen molar-refractivity contribution in [3.8, 4) is 5.75 Å². The first kappa shape index (κ1) is 16.4. The molecule has 0 fully saturated rings. The Hall–Kier alpha value is -2.00. The van der Waals surface area contributed by atoms with Crippen LogP contribution in [0.1, 0.15) is 18.7 Å². The first-order valence-corrected chi connectivity index (χ1v) is 7.57. The molecule has 0 bridgehead atoms. The van der Waals surface area contributed by atoms with E-state index >= 15 is 0 Å². The second-order valence-electron chi connectivity index (χ2n) is 4.38. The van der Waals surface area contributed by atoms with E-state index in [4.69, 9.17) is 4.42 Å². The van der Waals surface area contributed by atoms with Crippen molar-refractivity contribution < 1.29 is 30.7 Å². The molecule has 0 aliphatic carbocycles. The Kier molecular flexibility index (Phi) is 4.47. The molecule has 120 valence electrons. The van der Waals surface area contributed by atoms with Crippen molar-refractivity contribution >= 4 is 10.0 Å². The topological polar surface area (TPSA) is 68.5 Å². The van der Waals surface area contributed by atoms with Crippen molar-refractivity contribution in [2.75, 3.05) is 0 Å². The molecule has 22 heavy (non-hydrogen) atoms. The Labute approximate surface area is 124 Å². The third-order valence-electron chi connectivity index (χ3n) is 2.67. The van der Waals surface area contributed by atoms with Crippen LogP contribution in [0.2, 0.25) is 0 Å². The molecule has 0 amide bonds. The molecule has 0 unspecified atom stereocenters. The number of sulfonamides is 1. The van der Waals surface area contributed by atoms with Crippen LogP contribution in [0.15, 0.2) is 52.0 Å². The molecular weight excluding hydrogens is 323 g/mol. The van der Waals surface area contributed by atoms with Crippen molar-refractivity contribution in [2.45, 2.75) is 24.2 Å². The Balaban J connectivity index is 2.12. The van der Waals surface area contributed by atoms with Crippen LogP contribution < -0.4 is 9.46 Å². The summed E-state index contributed by atoms with van der Waals surface area (Å²) in [7, 11) is -3.89. The predicted octanol–water partition coefficient (Wildman–Crippen LogP) is 3.22. The summed E-state index contributed by atoms with van der Waals surface area (Å²) in [5, 5.41) is 0. The molecule has 0 saturated carbocycles. The molecule has 0 spiro atoms. The first-order valence-electron chi connectivity index (χ1n) is 6.09. The molecule has 9 heteroatoms. The number of nitrogens with one attached hydrogen (secondary N) is 1. The zero-order chi connectivity index (χ0) is 16.4. The summed E-state index contributed by atoms with van der Waals surface area (Å²) < 4.78 is 71.5. The summed E-state index contributed by atoms with van der Waals surface area (Å²) >= 11 is 0. The number of benzene rings is 1. The highest BCUT2D eigenvalue weighted by molar-refractivity contribution is 7.89. The van der Waals surface area contributed by atoms with E-state index < -0.39 is 28.2 Å². The lowest BCUT2D eigenvalue weighted by Gasteiger charge is -2.13. The molecule has 0 aliphatic heterocycles. The molecule has 0 aliphatic rings. The largest absolute Gasteiger partial charge is 0.573 e. The second-order valence-corrected chi connectivity index (χ2v) is 6.09. The number of furan rings is 1. The van der Waals surface area contributed by atoms with E-state index in [0.717, 1.165) is 24.3 Å². The van der Waals surface area contributed by atoms with Gasteiger partial charge >= 0.3 is 6.36 Å². The lowest BCUT2D eigenvalue weighted by Crippen LogP contribution is -2.26. The maximum Gasteiger partial charge on any atom is 0.573 e. The molecule has 1 N–H and O–H groups in total. The van der Waals surface area contributed by atoms with E-state index in [1.54, 1.807) is 19.1 Å². The van der Waals surface area contributed by atoms with Gasteiger partial charge in [-0.15, -0.1) is 13.2 Å². The maximum atomic E-state index is 12.1. The van der Waals surface area contributed by atoms with Gasteiger partial charge in [0.1, 0.15) is 11.5 Å². The monoisotopic (exact) mass is 335 g/mol. The Morgan fingerprint density at radius 3 is 2.32 bits per heavy atom. The first-order chi connectivity index (χ1) is 10.2. The molecule has 0 saturated heterocycles. The molecule has 1 atom stereocenters. The quantitative estimate of drug-likeness (QED) is 0.911. The van der Waals surface area contributed by atoms with E-state index in [0.29, 0.717) is 5.76 Å². The van der Waals surface area contributed by atoms with E-state index in [9.17, 15) is 21.6 Å². The van der Waals surface area contributed by atoms with E-state index in [2.05, 4.69) is 9.46 Å². The van der Waals surface area contributed by atoms with Crippen LogP contribution in [0.25, 0.3) is 0 Å². The average molecular weight is 335 g/mol. The summed E-state index contributed by atoms with van der Waals surface area (Å²) in [4.78, 5) is -0.180. The van der Waals surface area contributed by atoms with E-state index in [1.807, 2.05) is 0 Å². The lowest BCUT2D eigenvalue weighted by molar-refractivity contribution is -0.274. The number of hydrogen-bond donors (Lipinski definition) is 1. The fourth-order valence-electron chi connectivity index (χ4n) is 1.72. The highest BCUT2D eigenvalue weighted by Crippen LogP contribution is 2.24. The minimum absolute atomic E-state index is 0.180. The average Bonchev–Trinajstić information content (AvgIpc) is 2.90. The summed E-state index contributed by atoms with van der Waals surface area (Å²) in [6, 6.07) is 6.51. The SMILES string of the molecule is C[C@@H](NS(=O)(=O)c1ccc(OC(F)(F)F)cc1)c1ccco1. The van der Waals surface area contributed by atoms with Gasteiger partial charge in [-0.25, -0.2) is 13.1 Å². The van der Waals surface area contributed by atoms with Crippen LogP contribution in [-0.2, 0) is 10.0 Å².